The lowest BCUT2D eigenvalue weighted by molar-refractivity contribution is -0.384. The standard InChI is InChI=1S/C17H14Cl2N2O5/c1-10(12-4-7-14(18)15(19)8-12)20-16(22)9-26-17(23)11-2-5-13(6-3-11)21(24)25/h2-8,10H,9H2,1H3,(H,20,22)/t10-/m1/s1. The number of ether oxygens (including phenoxy) is 1. The van der Waals surface area contributed by atoms with Gasteiger partial charge < -0.3 is 10.1 Å². The molecule has 0 aliphatic heterocycles. The van der Waals surface area contributed by atoms with E-state index in [2.05, 4.69) is 5.32 Å². The summed E-state index contributed by atoms with van der Waals surface area (Å²) < 4.78 is 4.90. The lowest BCUT2D eigenvalue weighted by Gasteiger charge is -2.15. The number of halogens is 2. The molecule has 1 N–H and O–H groups in total. The number of carbonyl (C=O) groups excluding carboxylic acids is 2. The number of nitrogens with one attached hydrogen (secondary N) is 1. The van der Waals surface area contributed by atoms with Gasteiger partial charge in [-0.1, -0.05) is 29.3 Å². The van der Waals surface area contributed by atoms with E-state index in [1.807, 2.05) is 0 Å². The number of benzene rings is 2. The van der Waals surface area contributed by atoms with Crippen LogP contribution in [0.25, 0.3) is 0 Å². The molecule has 0 aliphatic rings. The quantitative estimate of drug-likeness (QED) is 0.452. The van der Waals surface area contributed by atoms with Crippen LogP contribution in [0.4, 0.5) is 5.69 Å². The van der Waals surface area contributed by atoms with Crippen LogP contribution in [0.1, 0.15) is 28.9 Å². The summed E-state index contributed by atoms with van der Waals surface area (Å²) in [7, 11) is 0. The van der Waals surface area contributed by atoms with Gasteiger partial charge in [0.05, 0.1) is 26.6 Å². The largest absolute Gasteiger partial charge is 0.452 e. The fourth-order valence-electron chi connectivity index (χ4n) is 2.08. The van der Waals surface area contributed by atoms with Gasteiger partial charge >= 0.3 is 5.97 Å². The molecule has 0 spiro atoms. The fourth-order valence-corrected chi connectivity index (χ4v) is 2.39. The molecule has 7 nitrogen and oxygen atoms in total. The van der Waals surface area contributed by atoms with Crippen LogP contribution in [-0.4, -0.2) is 23.4 Å². The van der Waals surface area contributed by atoms with Crippen LogP contribution >= 0.6 is 23.2 Å². The van der Waals surface area contributed by atoms with E-state index >= 15 is 0 Å². The van der Waals surface area contributed by atoms with Crippen molar-refractivity contribution >= 4 is 40.8 Å². The van der Waals surface area contributed by atoms with Gasteiger partial charge in [0.2, 0.25) is 0 Å². The Morgan fingerprint density at radius 2 is 1.81 bits per heavy atom. The highest BCUT2D eigenvalue weighted by Gasteiger charge is 2.15. The second-order valence-corrected chi connectivity index (χ2v) is 6.16. The zero-order valence-electron chi connectivity index (χ0n) is 13.6. The van der Waals surface area contributed by atoms with E-state index in [0.717, 1.165) is 5.56 Å². The van der Waals surface area contributed by atoms with Crippen molar-refractivity contribution in [3.8, 4) is 0 Å². The highest BCUT2D eigenvalue weighted by molar-refractivity contribution is 6.42. The fraction of sp³-hybridized carbons (Fsp3) is 0.176. The summed E-state index contributed by atoms with van der Waals surface area (Å²) in [5.41, 5.74) is 0.713. The van der Waals surface area contributed by atoms with Crippen LogP contribution in [0.3, 0.4) is 0 Å². The van der Waals surface area contributed by atoms with E-state index in [4.69, 9.17) is 27.9 Å². The van der Waals surface area contributed by atoms with E-state index in [0.29, 0.717) is 10.0 Å². The van der Waals surface area contributed by atoms with Crippen LogP contribution in [0, 0.1) is 10.1 Å². The normalized spacial score (nSPS) is 11.5. The Labute approximate surface area is 159 Å². The monoisotopic (exact) mass is 396 g/mol. The van der Waals surface area contributed by atoms with Crippen molar-refractivity contribution in [2.24, 2.45) is 0 Å². The molecular formula is C17H14Cl2N2O5. The Kier molecular flexibility index (Phi) is 6.54. The molecule has 9 heteroatoms. The first-order chi connectivity index (χ1) is 12.3. The Balaban J connectivity index is 1.88. The third-order valence-electron chi connectivity index (χ3n) is 3.47. The molecule has 2 aromatic rings. The summed E-state index contributed by atoms with van der Waals surface area (Å²) in [5, 5.41) is 14.0. The average Bonchev–Trinajstić information content (AvgIpc) is 2.62. The van der Waals surface area contributed by atoms with E-state index < -0.39 is 23.4 Å². The molecule has 136 valence electrons. The minimum Gasteiger partial charge on any atom is -0.452 e. The third-order valence-corrected chi connectivity index (χ3v) is 4.21. The molecule has 1 atom stereocenters. The molecule has 0 fully saturated rings. The second kappa shape index (κ2) is 8.64. The molecule has 2 rings (SSSR count). The Hall–Kier alpha value is -2.64. The van der Waals surface area contributed by atoms with Gasteiger partial charge in [-0.2, -0.15) is 0 Å². The number of hydrogen-bond acceptors (Lipinski definition) is 5. The zero-order chi connectivity index (χ0) is 19.3. The van der Waals surface area contributed by atoms with Gasteiger partial charge in [-0.15, -0.1) is 0 Å². The molecule has 0 saturated heterocycles. The van der Waals surface area contributed by atoms with E-state index in [-0.39, 0.29) is 17.3 Å². The molecule has 0 radical (unpaired) electrons. The maximum Gasteiger partial charge on any atom is 0.338 e. The van der Waals surface area contributed by atoms with Crippen LogP contribution in [0.5, 0.6) is 0 Å². The lowest BCUT2D eigenvalue weighted by atomic mass is 10.1. The number of nitro benzene ring substituents is 1. The smallest absolute Gasteiger partial charge is 0.338 e. The number of rotatable bonds is 6. The number of esters is 1. The summed E-state index contributed by atoms with van der Waals surface area (Å²) >= 11 is 11.8. The van der Waals surface area contributed by atoms with Crippen molar-refractivity contribution in [1.82, 2.24) is 5.32 Å². The number of nitro groups is 1. The van der Waals surface area contributed by atoms with Crippen molar-refractivity contribution in [2.75, 3.05) is 6.61 Å². The summed E-state index contributed by atoms with van der Waals surface area (Å²) in [5.74, 6) is -1.25. The Morgan fingerprint density at radius 1 is 1.15 bits per heavy atom. The molecule has 0 bridgehead atoms. The highest BCUT2D eigenvalue weighted by atomic mass is 35.5. The maximum absolute atomic E-state index is 11.9. The van der Waals surface area contributed by atoms with Crippen molar-refractivity contribution in [3.05, 3.63) is 73.8 Å². The van der Waals surface area contributed by atoms with Crippen LogP contribution in [0.15, 0.2) is 42.5 Å². The Morgan fingerprint density at radius 3 is 2.38 bits per heavy atom. The zero-order valence-corrected chi connectivity index (χ0v) is 15.1. The molecule has 2 aromatic carbocycles. The van der Waals surface area contributed by atoms with Gasteiger partial charge in [0, 0.05) is 12.1 Å². The minimum absolute atomic E-state index is 0.112. The molecule has 0 saturated carbocycles. The molecular weight excluding hydrogens is 383 g/mol. The number of nitrogens with zero attached hydrogens (tertiary/aromatic N) is 1. The van der Waals surface area contributed by atoms with Gasteiger partial charge in [-0.3, -0.25) is 14.9 Å². The second-order valence-electron chi connectivity index (χ2n) is 5.34. The number of hydrogen-bond donors (Lipinski definition) is 1. The molecule has 0 unspecified atom stereocenters. The molecule has 0 heterocycles. The molecule has 26 heavy (non-hydrogen) atoms. The summed E-state index contributed by atoms with van der Waals surface area (Å²) in [6, 6.07) is 9.51. The first-order valence-electron chi connectivity index (χ1n) is 7.44. The first-order valence-corrected chi connectivity index (χ1v) is 8.19. The topological polar surface area (TPSA) is 98.5 Å². The van der Waals surface area contributed by atoms with Crippen molar-refractivity contribution < 1.29 is 19.2 Å². The summed E-state index contributed by atoms with van der Waals surface area (Å²) in [4.78, 5) is 33.8. The van der Waals surface area contributed by atoms with Gasteiger partial charge in [0.15, 0.2) is 6.61 Å². The van der Waals surface area contributed by atoms with E-state index in [1.165, 1.54) is 24.3 Å². The number of amides is 1. The minimum atomic E-state index is -0.753. The maximum atomic E-state index is 11.9. The number of non-ortho nitro benzene ring substituents is 1. The SMILES string of the molecule is C[C@@H](NC(=O)COC(=O)c1ccc([N+](=O)[O-])cc1)c1ccc(Cl)c(Cl)c1. The lowest BCUT2D eigenvalue weighted by Crippen LogP contribution is -2.31. The predicted molar refractivity (Wildman–Crippen MR) is 96.4 cm³/mol. The van der Waals surface area contributed by atoms with Crippen molar-refractivity contribution in [3.63, 3.8) is 0 Å². The highest BCUT2D eigenvalue weighted by Crippen LogP contribution is 2.25. The Bertz CT molecular complexity index is 840. The van der Waals surface area contributed by atoms with Gasteiger partial charge in [-0.25, -0.2) is 4.79 Å². The van der Waals surface area contributed by atoms with Crippen LogP contribution in [0.2, 0.25) is 10.0 Å². The molecule has 0 aliphatic carbocycles. The van der Waals surface area contributed by atoms with Crippen LogP contribution in [-0.2, 0) is 9.53 Å². The summed E-state index contributed by atoms with van der Waals surface area (Å²) in [6.07, 6.45) is 0. The van der Waals surface area contributed by atoms with Crippen molar-refractivity contribution in [2.45, 2.75) is 13.0 Å². The summed E-state index contributed by atoms with van der Waals surface area (Å²) in [6.45, 7) is 1.26. The van der Waals surface area contributed by atoms with E-state index in [9.17, 15) is 19.7 Å². The number of carbonyl (C=O) groups is 2. The van der Waals surface area contributed by atoms with Gasteiger partial charge in [0.1, 0.15) is 0 Å². The molecule has 1 amide bonds. The van der Waals surface area contributed by atoms with Crippen molar-refractivity contribution in [1.29, 1.82) is 0 Å². The average molecular weight is 397 g/mol. The van der Waals surface area contributed by atoms with Gasteiger partial charge in [0.25, 0.3) is 11.6 Å². The van der Waals surface area contributed by atoms with E-state index in [1.54, 1.807) is 25.1 Å². The predicted octanol–water partition coefficient (Wildman–Crippen LogP) is 3.94. The van der Waals surface area contributed by atoms with Gasteiger partial charge in [-0.05, 0) is 36.8 Å². The molecule has 0 aromatic heterocycles. The first kappa shape index (κ1) is 19.7. The third kappa shape index (κ3) is 5.18. The van der Waals surface area contributed by atoms with Crippen LogP contribution < -0.4 is 5.32 Å².